The lowest BCUT2D eigenvalue weighted by Crippen LogP contribution is -2.21. The van der Waals surface area contributed by atoms with Crippen molar-refractivity contribution < 1.29 is 14.3 Å². The van der Waals surface area contributed by atoms with Gasteiger partial charge in [0.2, 0.25) is 5.91 Å². The van der Waals surface area contributed by atoms with Crippen LogP contribution in [-0.2, 0) is 4.79 Å². The van der Waals surface area contributed by atoms with Crippen LogP contribution in [0, 0.1) is 0 Å². The molecular weight excluding hydrogens is 342 g/mol. The van der Waals surface area contributed by atoms with Gasteiger partial charge in [-0.2, -0.15) is 5.10 Å². The summed E-state index contributed by atoms with van der Waals surface area (Å²) in [5.74, 6) is 0.580. The molecule has 0 unspecified atom stereocenters. The number of hydrazone groups is 1. The van der Waals surface area contributed by atoms with Crippen LogP contribution in [0.1, 0.15) is 49.0 Å². The van der Waals surface area contributed by atoms with Crippen LogP contribution < -0.4 is 15.5 Å². The minimum absolute atomic E-state index is 0.0921. The van der Waals surface area contributed by atoms with Crippen LogP contribution >= 0.6 is 0 Å². The molecule has 2 aromatic rings. The summed E-state index contributed by atoms with van der Waals surface area (Å²) in [5, 5.41) is 6.81. The highest BCUT2D eigenvalue weighted by molar-refractivity contribution is 6.06. The Morgan fingerprint density at radius 3 is 2.22 bits per heavy atom. The van der Waals surface area contributed by atoms with Crippen LogP contribution in [0.4, 0.5) is 5.69 Å². The third-order valence-corrected chi connectivity index (χ3v) is 3.98. The molecule has 0 radical (unpaired) electrons. The highest BCUT2D eigenvalue weighted by Crippen LogP contribution is 2.17. The monoisotopic (exact) mass is 367 g/mol. The van der Waals surface area contributed by atoms with E-state index >= 15 is 0 Å². The van der Waals surface area contributed by atoms with Crippen LogP contribution in [0.5, 0.6) is 5.75 Å². The molecule has 0 heterocycles. The average molecular weight is 367 g/mol. The van der Waals surface area contributed by atoms with E-state index in [-0.39, 0.29) is 18.2 Å². The van der Waals surface area contributed by atoms with Crippen molar-refractivity contribution in [2.24, 2.45) is 5.10 Å². The minimum atomic E-state index is -0.346. The Hall–Kier alpha value is -3.15. The second-order valence-electron chi connectivity index (χ2n) is 6.52. The summed E-state index contributed by atoms with van der Waals surface area (Å²) in [6.07, 6.45) is 0.0921. The third kappa shape index (κ3) is 6.26. The maximum Gasteiger partial charge on any atom is 0.271 e. The van der Waals surface area contributed by atoms with E-state index in [1.54, 1.807) is 38.3 Å². The van der Waals surface area contributed by atoms with Crippen molar-refractivity contribution in [3.63, 3.8) is 0 Å². The fourth-order valence-corrected chi connectivity index (χ4v) is 2.38. The molecule has 6 nitrogen and oxygen atoms in total. The predicted octanol–water partition coefficient (Wildman–Crippen LogP) is 3.95. The Kier molecular flexibility index (Phi) is 7.11. The van der Waals surface area contributed by atoms with Gasteiger partial charge in [0.15, 0.2) is 0 Å². The Balaban J connectivity index is 1.86. The van der Waals surface area contributed by atoms with Crippen LogP contribution in [0.3, 0.4) is 0 Å². The largest absolute Gasteiger partial charge is 0.497 e. The molecule has 142 valence electrons. The molecule has 2 aromatic carbocycles. The van der Waals surface area contributed by atoms with Gasteiger partial charge in [-0.05, 0) is 54.8 Å². The first-order valence-electron chi connectivity index (χ1n) is 8.76. The van der Waals surface area contributed by atoms with E-state index in [2.05, 4.69) is 29.7 Å². The number of nitrogens with one attached hydrogen (secondary N) is 2. The molecule has 0 aromatic heterocycles. The van der Waals surface area contributed by atoms with Gasteiger partial charge in [0, 0.05) is 17.0 Å². The molecule has 0 aliphatic heterocycles. The van der Waals surface area contributed by atoms with Gasteiger partial charge in [0.1, 0.15) is 5.75 Å². The van der Waals surface area contributed by atoms with Gasteiger partial charge in [-0.3, -0.25) is 9.59 Å². The van der Waals surface area contributed by atoms with Crippen molar-refractivity contribution in [1.82, 2.24) is 5.43 Å². The number of rotatable bonds is 7. The highest BCUT2D eigenvalue weighted by Gasteiger charge is 2.08. The fraction of sp³-hybridized carbons (Fsp3) is 0.286. The van der Waals surface area contributed by atoms with Crippen molar-refractivity contribution in [2.75, 3.05) is 12.4 Å². The van der Waals surface area contributed by atoms with Gasteiger partial charge in [0.05, 0.1) is 13.5 Å². The van der Waals surface area contributed by atoms with Gasteiger partial charge in [-0.1, -0.05) is 26.0 Å². The lowest BCUT2D eigenvalue weighted by Gasteiger charge is -2.08. The number of methoxy groups -OCH3 is 1. The minimum Gasteiger partial charge on any atom is -0.497 e. The van der Waals surface area contributed by atoms with Crippen LogP contribution in [0.15, 0.2) is 53.6 Å². The number of hydrogen-bond donors (Lipinski definition) is 2. The van der Waals surface area contributed by atoms with Gasteiger partial charge in [-0.15, -0.1) is 0 Å². The van der Waals surface area contributed by atoms with E-state index in [9.17, 15) is 9.59 Å². The Morgan fingerprint density at radius 2 is 1.67 bits per heavy atom. The van der Waals surface area contributed by atoms with E-state index in [1.807, 2.05) is 24.3 Å². The van der Waals surface area contributed by atoms with Crippen LogP contribution in [0.2, 0.25) is 0 Å². The summed E-state index contributed by atoms with van der Waals surface area (Å²) in [4.78, 5) is 24.2. The lowest BCUT2D eigenvalue weighted by molar-refractivity contribution is -0.115. The second kappa shape index (κ2) is 9.52. The average Bonchev–Trinajstić information content (AvgIpc) is 2.66. The summed E-state index contributed by atoms with van der Waals surface area (Å²) >= 11 is 0. The van der Waals surface area contributed by atoms with Gasteiger partial charge >= 0.3 is 0 Å². The van der Waals surface area contributed by atoms with E-state index in [4.69, 9.17) is 4.74 Å². The standard InChI is InChI=1S/C21H25N3O3/c1-14(2)16-5-9-18(10-6-16)22-20(25)13-15(3)23-24-21(26)17-7-11-19(27-4)12-8-17/h5-12,14H,13H2,1-4H3,(H,22,25)(H,24,26)/b23-15-. The first-order chi connectivity index (χ1) is 12.9. The summed E-state index contributed by atoms with van der Waals surface area (Å²) in [7, 11) is 1.56. The number of hydrogen-bond acceptors (Lipinski definition) is 4. The predicted molar refractivity (Wildman–Crippen MR) is 107 cm³/mol. The summed E-state index contributed by atoms with van der Waals surface area (Å²) in [6, 6.07) is 14.4. The molecule has 0 spiro atoms. The summed E-state index contributed by atoms with van der Waals surface area (Å²) < 4.78 is 5.05. The number of ether oxygens (including phenoxy) is 1. The number of carbonyl (C=O) groups is 2. The Bertz CT molecular complexity index is 810. The molecular formula is C21H25N3O3. The first-order valence-corrected chi connectivity index (χ1v) is 8.76. The van der Waals surface area contributed by atoms with Gasteiger partial charge in [0.25, 0.3) is 5.91 Å². The van der Waals surface area contributed by atoms with E-state index < -0.39 is 0 Å². The molecule has 0 atom stereocenters. The number of nitrogens with zero attached hydrogens (tertiary/aromatic N) is 1. The highest BCUT2D eigenvalue weighted by atomic mass is 16.5. The van der Waals surface area contributed by atoms with Crippen molar-refractivity contribution in [1.29, 1.82) is 0 Å². The normalized spacial score (nSPS) is 11.2. The molecule has 2 rings (SSSR count). The molecule has 0 aliphatic rings. The van der Waals surface area contributed by atoms with E-state index in [1.165, 1.54) is 5.56 Å². The number of anilines is 1. The van der Waals surface area contributed by atoms with Crippen LogP contribution in [0.25, 0.3) is 0 Å². The van der Waals surface area contributed by atoms with Crippen molar-refractivity contribution >= 4 is 23.2 Å². The fourth-order valence-electron chi connectivity index (χ4n) is 2.38. The number of benzene rings is 2. The third-order valence-electron chi connectivity index (χ3n) is 3.98. The van der Waals surface area contributed by atoms with E-state index in [0.29, 0.717) is 22.9 Å². The lowest BCUT2D eigenvalue weighted by atomic mass is 10.0. The Labute approximate surface area is 159 Å². The van der Waals surface area contributed by atoms with Gasteiger partial charge < -0.3 is 10.1 Å². The molecule has 2 amide bonds. The zero-order chi connectivity index (χ0) is 19.8. The SMILES string of the molecule is COc1ccc(C(=O)N/N=C(/C)CC(=O)Nc2ccc(C(C)C)cc2)cc1. The second-order valence-corrected chi connectivity index (χ2v) is 6.52. The number of carbonyl (C=O) groups excluding carboxylic acids is 2. The quantitative estimate of drug-likeness (QED) is 0.574. The molecule has 0 saturated heterocycles. The summed E-state index contributed by atoms with van der Waals surface area (Å²) in [5.41, 5.74) is 5.37. The van der Waals surface area contributed by atoms with Crippen molar-refractivity contribution in [2.45, 2.75) is 33.1 Å². The molecule has 0 saturated carbocycles. The first kappa shape index (κ1) is 20.2. The molecule has 0 fully saturated rings. The van der Waals surface area contributed by atoms with Crippen molar-refractivity contribution in [3.05, 3.63) is 59.7 Å². The molecule has 0 aliphatic carbocycles. The zero-order valence-corrected chi connectivity index (χ0v) is 16.1. The molecule has 6 heteroatoms. The summed E-state index contributed by atoms with van der Waals surface area (Å²) in [6.45, 7) is 5.93. The maximum atomic E-state index is 12.1. The number of amides is 2. The maximum absolute atomic E-state index is 12.1. The molecule has 27 heavy (non-hydrogen) atoms. The van der Waals surface area contributed by atoms with Gasteiger partial charge in [-0.25, -0.2) is 5.43 Å². The van der Waals surface area contributed by atoms with E-state index in [0.717, 1.165) is 5.69 Å². The molecule has 2 N–H and O–H groups in total. The molecule has 0 bridgehead atoms. The zero-order valence-electron chi connectivity index (χ0n) is 16.1. The van der Waals surface area contributed by atoms with Crippen molar-refractivity contribution in [3.8, 4) is 5.75 Å². The smallest absolute Gasteiger partial charge is 0.271 e. The van der Waals surface area contributed by atoms with Crippen LogP contribution in [-0.4, -0.2) is 24.6 Å². The Morgan fingerprint density at radius 1 is 1.04 bits per heavy atom. The topological polar surface area (TPSA) is 79.8 Å².